The van der Waals surface area contributed by atoms with E-state index in [-0.39, 0.29) is 5.97 Å². The zero-order valence-corrected chi connectivity index (χ0v) is 17.2. The van der Waals surface area contributed by atoms with E-state index in [0.29, 0.717) is 48.0 Å². The number of amides is 1. The number of ether oxygens (including phenoxy) is 2. The summed E-state index contributed by atoms with van der Waals surface area (Å²) in [5.41, 5.74) is 0.697. The summed E-state index contributed by atoms with van der Waals surface area (Å²) in [5, 5.41) is 15.4. The molecule has 1 unspecified atom stereocenters. The highest BCUT2D eigenvalue weighted by atomic mass is 35.5. The Kier molecular flexibility index (Phi) is 7.24. The molecule has 0 aliphatic carbocycles. The van der Waals surface area contributed by atoms with E-state index in [1.54, 1.807) is 26.8 Å². The lowest BCUT2D eigenvalue weighted by Crippen LogP contribution is -2.54. The number of benzene rings is 1. The summed E-state index contributed by atoms with van der Waals surface area (Å²) >= 11 is 6.48. The molecule has 1 heterocycles. The maximum absolute atomic E-state index is 12.1. The molecule has 1 aliphatic heterocycles. The van der Waals surface area contributed by atoms with Gasteiger partial charge < -0.3 is 14.8 Å². The molecule has 0 spiro atoms. The average molecular weight is 409 g/mol. The molecule has 1 aromatic rings. The lowest BCUT2D eigenvalue weighted by molar-refractivity contribution is -0.144. The summed E-state index contributed by atoms with van der Waals surface area (Å²) in [5.74, 6) is -0.325. The fourth-order valence-electron chi connectivity index (χ4n) is 2.86. The van der Waals surface area contributed by atoms with Gasteiger partial charge in [0, 0.05) is 26.2 Å². The van der Waals surface area contributed by atoms with Gasteiger partial charge in [-0.05, 0) is 38.5 Å². The lowest BCUT2D eigenvalue weighted by Gasteiger charge is -2.32. The van der Waals surface area contributed by atoms with Gasteiger partial charge in [0.05, 0.1) is 29.5 Å². The Labute approximate surface area is 169 Å². The van der Waals surface area contributed by atoms with Crippen LogP contribution < -0.4 is 10.6 Å². The summed E-state index contributed by atoms with van der Waals surface area (Å²) in [7, 11) is 1.35. The highest BCUT2D eigenvalue weighted by molar-refractivity contribution is 6.34. The van der Waals surface area contributed by atoms with Gasteiger partial charge in [0.25, 0.3) is 0 Å². The minimum absolute atomic E-state index is 0.310. The van der Waals surface area contributed by atoms with Crippen LogP contribution in [0.4, 0.5) is 10.5 Å². The van der Waals surface area contributed by atoms with E-state index in [1.165, 1.54) is 13.2 Å². The third kappa shape index (κ3) is 6.09. The smallest absolute Gasteiger partial charge is 0.412 e. The molecule has 1 aromatic carbocycles. The third-order valence-corrected chi connectivity index (χ3v) is 4.50. The molecule has 0 saturated carbocycles. The largest absolute Gasteiger partial charge is 0.468 e. The maximum Gasteiger partial charge on any atom is 0.412 e. The molecule has 9 heteroatoms. The van der Waals surface area contributed by atoms with Crippen LogP contribution in [0, 0.1) is 11.3 Å². The topological polar surface area (TPSA) is 104 Å². The molecule has 0 radical (unpaired) electrons. The normalized spacial score (nSPS) is 17.5. The number of halogens is 1. The zero-order valence-electron chi connectivity index (χ0n) is 16.5. The number of hydrogen-bond acceptors (Lipinski definition) is 7. The van der Waals surface area contributed by atoms with E-state index >= 15 is 0 Å². The quantitative estimate of drug-likeness (QED) is 0.737. The monoisotopic (exact) mass is 408 g/mol. The van der Waals surface area contributed by atoms with Crippen molar-refractivity contribution in [2.24, 2.45) is 0 Å². The summed E-state index contributed by atoms with van der Waals surface area (Å²) < 4.78 is 10.0. The van der Waals surface area contributed by atoms with Gasteiger partial charge in [0.1, 0.15) is 11.6 Å². The van der Waals surface area contributed by atoms with Gasteiger partial charge in [-0.1, -0.05) is 11.6 Å². The van der Waals surface area contributed by atoms with E-state index in [9.17, 15) is 14.9 Å². The number of methoxy groups -OCH3 is 1. The summed E-state index contributed by atoms with van der Waals surface area (Å²) in [6.07, 6.45) is -0.650. The van der Waals surface area contributed by atoms with Crippen molar-refractivity contribution in [1.29, 1.82) is 5.26 Å². The zero-order chi connectivity index (χ0) is 20.9. The van der Waals surface area contributed by atoms with E-state index in [4.69, 9.17) is 21.1 Å². The number of esters is 1. The van der Waals surface area contributed by atoms with E-state index in [1.807, 2.05) is 4.90 Å². The van der Waals surface area contributed by atoms with Crippen LogP contribution >= 0.6 is 11.6 Å². The number of anilines is 1. The molecule has 0 bridgehead atoms. The van der Waals surface area contributed by atoms with Crippen molar-refractivity contribution in [2.75, 3.05) is 32.1 Å². The molecule has 2 rings (SSSR count). The van der Waals surface area contributed by atoms with Crippen molar-refractivity contribution < 1.29 is 19.1 Å². The Morgan fingerprint density at radius 2 is 2.14 bits per heavy atom. The number of nitrogens with one attached hydrogen (secondary N) is 2. The number of carbonyl (C=O) groups excluding carboxylic acids is 2. The molecule has 0 aromatic heterocycles. The Balaban J connectivity index is 2.19. The molecular formula is C19H25ClN4O4. The minimum atomic E-state index is -0.657. The molecular weight excluding hydrogens is 384 g/mol. The highest BCUT2D eigenvalue weighted by Crippen LogP contribution is 2.29. The van der Waals surface area contributed by atoms with Crippen LogP contribution in [0.5, 0.6) is 0 Å². The number of hydrogen-bond donors (Lipinski definition) is 2. The first kappa shape index (κ1) is 22.0. The second-order valence-corrected chi connectivity index (χ2v) is 7.88. The van der Waals surface area contributed by atoms with Gasteiger partial charge >= 0.3 is 12.1 Å². The second kappa shape index (κ2) is 9.24. The van der Waals surface area contributed by atoms with Gasteiger partial charge in [0.2, 0.25) is 0 Å². The molecule has 2 N–H and O–H groups in total. The second-order valence-electron chi connectivity index (χ2n) is 7.50. The van der Waals surface area contributed by atoms with E-state index in [0.717, 1.165) is 0 Å². The van der Waals surface area contributed by atoms with Crippen molar-refractivity contribution in [1.82, 2.24) is 10.2 Å². The summed E-state index contributed by atoms with van der Waals surface area (Å²) in [6.45, 7) is 7.48. The first-order valence-corrected chi connectivity index (χ1v) is 9.27. The Hall–Kier alpha value is -2.34. The summed E-state index contributed by atoms with van der Waals surface area (Å²) in [6, 6.07) is 4.84. The van der Waals surface area contributed by atoms with Gasteiger partial charge in [-0.2, -0.15) is 5.26 Å². The highest BCUT2D eigenvalue weighted by Gasteiger charge is 2.27. The van der Waals surface area contributed by atoms with Crippen LogP contribution in [0.3, 0.4) is 0 Å². The van der Waals surface area contributed by atoms with Crippen molar-refractivity contribution in [3.05, 3.63) is 28.3 Å². The fourth-order valence-corrected chi connectivity index (χ4v) is 3.08. The Bertz CT molecular complexity index is 785. The predicted octanol–water partition coefficient (Wildman–Crippen LogP) is 2.51. The van der Waals surface area contributed by atoms with Crippen molar-refractivity contribution in [2.45, 2.75) is 39.0 Å². The van der Waals surface area contributed by atoms with Gasteiger partial charge in [-0.25, -0.2) is 4.79 Å². The molecule has 1 atom stereocenters. The standard InChI is InChI=1S/C19H25ClN4O4/c1-19(2,3)28-18(26)23-14-8-12(9-21)7-13(16(14)20)10-24-6-5-22-15(11-24)17(25)27-4/h7-8,15,22H,5-6,10-11H2,1-4H3,(H,23,26). The Morgan fingerprint density at radius 1 is 1.43 bits per heavy atom. The van der Waals surface area contributed by atoms with Crippen LogP contribution in [0.25, 0.3) is 0 Å². The van der Waals surface area contributed by atoms with Gasteiger partial charge in [-0.3, -0.25) is 15.0 Å². The molecule has 1 aliphatic rings. The number of nitriles is 1. The van der Waals surface area contributed by atoms with Crippen molar-refractivity contribution in [3.8, 4) is 6.07 Å². The number of piperazine rings is 1. The molecule has 1 saturated heterocycles. The molecule has 28 heavy (non-hydrogen) atoms. The van der Waals surface area contributed by atoms with Gasteiger partial charge in [0.15, 0.2) is 0 Å². The van der Waals surface area contributed by atoms with E-state index in [2.05, 4.69) is 16.7 Å². The SMILES string of the molecule is COC(=O)C1CN(Cc2cc(C#N)cc(NC(=O)OC(C)(C)C)c2Cl)CCN1. The number of rotatable bonds is 4. The van der Waals surface area contributed by atoms with Gasteiger partial charge in [-0.15, -0.1) is 0 Å². The van der Waals surface area contributed by atoms with Crippen molar-refractivity contribution in [3.63, 3.8) is 0 Å². The minimum Gasteiger partial charge on any atom is -0.468 e. The van der Waals surface area contributed by atoms with Crippen LogP contribution in [-0.4, -0.2) is 55.3 Å². The van der Waals surface area contributed by atoms with Crippen LogP contribution in [0.15, 0.2) is 12.1 Å². The molecule has 152 valence electrons. The summed E-state index contributed by atoms with van der Waals surface area (Å²) in [4.78, 5) is 25.9. The lowest BCUT2D eigenvalue weighted by atomic mass is 10.1. The number of nitrogens with zero attached hydrogens (tertiary/aromatic N) is 2. The molecule has 8 nitrogen and oxygen atoms in total. The first-order valence-electron chi connectivity index (χ1n) is 8.89. The Morgan fingerprint density at radius 3 is 2.75 bits per heavy atom. The van der Waals surface area contributed by atoms with Crippen LogP contribution in [0.2, 0.25) is 5.02 Å². The average Bonchev–Trinajstić information content (AvgIpc) is 2.62. The predicted molar refractivity (Wildman–Crippen MR) is 105 cm³/mol. The maximum atomic E-state index is 12.1. The third-order valence-electron chi connectivity index (χ3n) is 4.05. The van der Waals surface area contributed by atoms with Crippen molar-refractivity contribution >= 4 is 29.4 Å². The van der Waals surface area contributed by atoms with E-state index < -0.39 is 17.7 Å². The van der Waals surface area contributed by atoms with Crippen LogP contribution in [-0.2, 0) is 20.8 Å². The molecule has 1 fully saturated rings. The number of carbonyl (C=O) groups is 2. The molecule has 1 amide bonds. The first-order chi connectivity index (χ1) is 13.1. The fraction of sp³-hybridized carbons (Fsp3) is 0.526. The van der Waals surface area contributed by atoms with Crippen LogP contribution in [0.1, 0.15) is 31.9 Å².